The highest BCUT2D eigenvalue weighted by Crippen LogP contribution is 2.31. The van der Waals surface area contributed by atoms with Gasteiger partial charge in [0.15, 0.2) is 0 Å². The van der Waals surface area contributed by atoms with Crippen molar-refractivity contribution in [3.8, 4) is 17.7 Å². The fraction of sp³-hybridized carbons (Fsp3) is 0.133. The van der Waals surface area contributed by atoms with E-state index in [0.29, 0.717) is 11.4 Å². The summed E-state index contributed by atoms with van der Waals surface area (Å²) in [4.78, 5) is 15.9. The summed E-state index contributed by atoms with van der Waals surface area (Å²) in [5.41, 5.74) is 6.29. The smallest absolute Gasteiger partial charge is 0.341 e. The highest BCUT2D eigenvalue weighted by molar-refractivity contribution is 9.10. The summed E-state index contributed by atoms with van der Waals surface area (Å²) in [7, 11) is 1.24. The Morgan fingerprint density at radius 2 is 2.00 bits per heavy atom. The number of rotatable bonds is 3. The Labute approximate surface area is 135 Å². The van der Waals surface area contributed by atoms with E-state index in [0.717, 1.165) is 4.47 Å². The van der Waals surface area contributed by atoms with Gasteiger partial charge in [0, 0.05) is 4.47 Å². The molecule has 0 amide bonds. The first kappa shape index (κ1) is 15.8. The van der Waals surface area contributed by atoms with Gasteiger partial charge in [-0.3, -0.25) is 0 Å². The van der Waals surface area contributed by atoms with E-state index in [4.69, 9.17) is 10.5 Å². The molecule has 22 heavy (non-hydrogen) atoms. The van der Waals surface area contributed by atoms with Crippen molar-refractivity contribution in [3.63, 3.8) is 0 Å². The van der Waals surface area contributed by atoms with Crippen molar-refractivity contribution in [2.24, 2.45) is 0 Å². The number of hydrogen-bond acceptors (Lipinski definition) is 6. The molecule has 2 rings (SSSR count). The van der Waals surface area contributed by atoms with Gasteiger partial charge in [0.05, 0.1) is 18.5 Å². The van der Waals surface area contributed by atoms with Crippen molar-refractivity contribution >= 4 is 27.6 Å². The van der Waals surface area contributed by atoms with Gasteiger partial charge < -0.3 is 15.2 Å². The molecule has 0 bridgehead atoms. The van der Waals surface area contributed by atoms with Gasteiger partial charge in [-0.15, -0.1) is 0 Å². The van der Waals surface area contributed by atoms with Crippen molar-refractivity contribution in [1.82, 2.24) is 4.98 Å². The van der Waals surface area contributed by atoms with Crippen molar-refractivity contribution < 1.29 is 14.3 Å². The van der Waals surface area contributed by atoms with E-state index in [9.17, 15) is 10.1 Å². The van der Waals surface area contributed by atoms with E-state index in [1.54, 1.807) is 31.2 Å². The van der Waals surface area contributed by atoms with Crippen LogP contribution in [0, 0.1) is 18.3 Å². The maximum atomic E-state index is 11.7. The first-order valence-corrected chi connectivity index (χ1v) is 6.99. The van der Waals surface area contributed by atoms with Gasteiger partial charge in [-0.2, -0.15) is 5.26 Å². The predicted molar refractivity (Wildman–Crippen MR) is 83.7 cm³/mol. The summed E-state index contributed by atoms with van der Waals surface area (Å²) >= 11 is 3.32. The second kappa shape index (κ2) is 6.45. The summed E-state index contributed by atoms with van der Waals surface area (Å²) in [6, 6.07) is 8.93. The van der Waals surface area contributed by atoms with Gasteiger partial charge in [-0.05, 0) is 31.2 Å². The first-order valence-electron chi connectivity index (χ1n) is 6.19. The number of anilines is 1. The molecule has 1 aromatic heterocycles. The van der Waals surface area contributed by atoms with Crippen LogP contribution in [0.5, 0.6) is 11.6 Å². The number of ether oxygens (including phenoxy) is 2. The van der Waals surface area contributed by atoms with Crippen LogP contribution in [0.2, 0.25) is 0 Å². The third-order valence-electron chi connectivity index (χ3n) is 2.91. The number of pyridine rings is 1. The average Bonchev–Trinajstić information content (AvgIpc) is 2.49. The second-order valence-electron chi connectivity index (χ2n) is 4.33. The molecule has 0 saturated heterocycles. The zero-order valence-corrected chi connectivity index (χ0v) is 13.5. The summed E-state index contributed by atoms with van der Waals surface area (Å²) < 4.78 is 11.1. The van der Waals surface area contributed by atoms with Crippen LogP contribution in [0.4, 0.5) is 5.69 Å². The molecule has 0 aliphatic carbocycles. The maximum Gasteiger partial charge on any atom is 0.341 e. The highest BCUT2D eigenvalue weighted by Gasteiger charge is 2.22. The van der Waals surface area contributed by atoms with E-state index < -0.39 is 5.97 Å². The third-order valence-corrected chi connectivity index (χ3v) is 3.44. The van der Waals surface area contributed by atoms with Gasteiger partial charge in [0.2, 0.25) is 5.88 Å². The van der Waals surface area contributed by atoms with Crippen LogP contribution in [0.3, 0.4) is 0 Å². The molecule has 7 heteroatoms. The van der Waals surface area contributed by atoms with E-state index in [2.05, 4.69) is 25.7 Å². The third kappa shape index (κ3) is 3.02. The minimum absolute atomic E-state index is 0.00559. The summed E-state index contributed by atoms with van der Waals surface area (Å²) in [6.07, 6.45) is 0. The van der Waals surface area contributed by atoms with Gasteiger partial charge in [0.25, 0.3) is 0 Å². The van der Waals surface area contributed by atoms with Gasteiger partial charge >= 0.3 is 5.97 Å². The van der Waals surface area contributed by atoms with Gasteiger partial charge in [-0.25, -0.2) is 9.78 Å². The molecule has 2 N–H and O–H groups in total. The minimum Gasteiger partial charge on any atom is -0.465 e. The molecule has 0 saturated carbocycles. The van der Waals surface area contributed by atoms with E-state index in [1.165, 1.54) is 7.11 Å². The molecule has 2 aromatic rings. The number of aryl methyl sites for hydroxylation is 1. The Morgan fingerprint density at radius 1 is 1.36 bits per heavy atom. The Bertz CT molecular complexity index is 767. The molecule has 0 aliphatic heterocycles. The largest absolute Gasteiger partial charge is 0.465 e. The predicted octanol–water partition coefficient (Wildman–Crippen LogP) is 3.19. The number of hydrogen-bond donors (Lipinski definition) is 1. The number of esters is 1. The van der Waals surface area contributed by atoms with E-state index >= 15 is 0 Å². The molecule has 1 aromatic carbocycles. The SMILES string of the molecule is COC(=O)c1c(C)nc(Oc2ccc(Br)cc2)c(C#N)c1N. The quantitative estimate of drug-likeness (QED) is 0.842. The molecule has 0 radical (unpaired) electrons. The number of nitrogens with two attached hydrogens (primary N) is 1. The molecule has 0 fully saturated rings. The second-order valence-corrected chi connectivity index (χ2v) is 5.24. The van der Waals surface area contributed by atoms with Crippen LogP contribution in [-0.4, -0.2) is 18.1 Å². The average molecular weight is 362 g/mol. The lowest BCUT2D eigenvalue weighted by Crippen LogP contribution is -2.12. The number of benzene rings is 1. The first-order chi connectivity index (χ1) is 10.5. The number of nitrogen functional groups attached to an aromatic ring is 1. The molecule has 0 aliphatic rings. The van der Waals surface area contributed by atoms with Crippen molar-refractivity contribution in [1.29, 1.82) is 5.26 Å². The molecular weight excluding hydrogens is 350 g/mol. The van der Waals surface area contributed by atoms with Crippen molar-refractivity contribution in [2.45, 2.75) is 6.92 Å². The Hall–Kier alpha value is -2.59. The van der Waals surface area contributed by atoms with Gasteiger partial charge in [-0.1, -0.05) is 15.9 Å². The Balaban J connectivity index is 2.51. The summed E-state index contributed by atoms with van der Waals surface area (Å²) in [5, 5.41) is 9.28. The fourth-order valence-corrected chi connectivity index (χ4v) is 2.12. The van der Waals surface area contributed by atoms with Crippen LogP contribution in [0.1, 0.15) is 21.6 Å². The molecule has 112 valence electrons. The summed E-state index contributed by atoms with van der Waals surface area (Å²) in [6.45, 7) is 1.60. The van der Waals surface area contributed by atoms with Crippen LogP contribution < -0.4 is 10.5 Å². The topological polar surface area (TPSA) is 98.2 Å². The molecular formula is C15H12BrN3O3. The Morgan fingerprint density at radius 3 is 2.55 bits per heavy atom. The highest BCUT2D eigenvalue weighted by atomic mass is 79.9. The lowest BCUT2D eigenvalue weighted by atomic mass is 10.1. The maximum absolute atomic E-state index is 11.7. The van der Waals surface area contributed by atoms with Crippen molar-refractivity contribution in [3.05, 3.63) is 45.6 Å². The number of nitriles is 1. The lowest BCUT2D eigenvalue weighted by molar-refractivity contribution is 0.0600. The van der Waals surface area contributed by atoms with Crippen LogP contribution in [0.25, 0.3) is 0 Å². The number of carbonyl (C=O) groups is 1. The number of methoxy groups -OCH3 is 1. The van der Waals surface area contributed by atoms with Gasteiger partial charge in [0.1, 0.15) is 22.9 Å². The van der Waals surface area contributed by atoms with Crippen LogP contribution in [-0.2, 0) is 4.74 Å². The normalized spacial score (nSPS) is 9.91. The number of carbonyl (C=O) groups excluding carboxylic acids is 1. The lowest BCUT2D eigenvalue weighted by Gasteiger charge is -2.13. The van der Waals surface area contributed by atoms with E-state index in [1.807, 2.05) is 6.07 Å². The molecule has 1 heterocycles. The monoisotopic (exact) mass is 361 g/mol. The zero-order chi connectivity index (χ0) is 16.3. The summed E-state index contributed by atoms with van der Waals surface area (Å²) in [5.74, 6) is -0.0986. The van der Waals surface area contributed by atoms with Crippen LogP contribution >= 0.6 is 15.9 Å². The number of aromatic nitrogens is 1. The zero-order valence-electron chi connectivity index (χ0n) is 11.9. The Kier molecular flexibility index (Phi) is 4.63. The van der Waals surface area contributed by atoms with Crippen LogP contribution in [0.15, 0.2) is 28.7 Å². The number of nitrogens with zero attached hydrogens (tertiary/aromatic N) is 2. The molecule has 6 nitrogen and oxygen atoms in total. The van der Waals surface area contributed by atoms with E-state index in [-0.39, 0.29) is 22.7 Å². The molecule has 0 spiro atoms. The fourth-order valence-electron chi connectivity index (χ4n) is 1.86. The standard InChI is InChI=1S/C15H12BrN3O3/c1-8-12(15(20)21-2)13(18)11(7-17)14(19-8)22-10-5-3-9(16)4-6-10/h3-6H,1-2H3,(H2,18,19). The minimum atomic E-state index is -0.644. The molecule has 0 atom stereocenters. The van der Waals surface area contributed by atoms with Crippen molar-refractivity contribution in [2.75, 3.05) is 12.8 Å². The molecule has 0 unspecified atom stereocenters. The number of halogens is 1.